The van der Waals surface area contributed by atoms with Crippen molar-refractivity contribution in [2.24, 2.45) is 5.92 Å². The van der Waals surface area contributed by atoms with Crippen LogP contribution in [0.15, 0.2) is 22.6 Å². The highest BCUT2D eigenvalue weighted by Gasteiger charge is 2.28. The molecule has 0 spiro atoms. The first-order valence-corrected chi connectivity index (χ1v) is 8.86. The molecule has 1 fully saturated rings. The van der Waals surface area contributed by atoms with E-state index in [0.717, 1.165) is 0 Å². The Morgan fingerprint density at radius 2 is 2.23 bits per heavy atom. The number of hydrogen-bond donors (Lipinski definition) is 1. The summed E-state index contributed by atoms with van der Waals surface area (Å²) in [6, 6.07) is 4.53. The molecule has 0 aliphatic carbocycles. The minimum Gasteiger partial charge on any atom is -0.448 e. The molecule has 1 saturated heterocycles. The summed E-state index contributed by atoms with van der Waals surface area (Å²) >= 11 is 0. The number of amides is 1. The van der Waals surface area contributed by atoms with E-state index < -0.39 is 21.6 Å². The largest absolute Gasteiger partial charge is 0.448 e. The zero-order chi connectivity index (χ0) is 15.9. The SMILES string of the molecule is Cc1c(C(=O)NC[C@@H]2CCS(=O)(=O)C2)oc2c(F)cccc12. The van der Waals surface area contributed by atoms with Gasteiger partial charge >= 0.3 is 0 Å². The second kappa shape index (κ2) is 5.39. The summed E-state index contributed by atoms with van der Waals surface area (Å²) in [5.74, 6) is -0.695. The maximum absolute atomic E-state index is 13.7. The lowest BCUT2D eigenvalue weighted by Gasteiger charge is -2.08. The molecule has 0 radical (unpaired) electrons. The van der Waals surface area contributed by atoms with Gasteiger partial charge in [0.25, 0.3) is 5.91 Å². The number of rotatable bonds is 3. The molecule has 0 saturated carbocycles. The molecule has 1 atom stereocenters. The van der Waals surface area contributed by atoms with Gasteiger partial charge in [0.05, 0.1) is 11.5 Å². The van der Waals surface area contributed by atoms with Crippen LogP contribution in [0.2, 0.25) is 0 Å². The third kappa shape index (κ3) is 2.72. The van der Waals surface area contributed by atoms with Crippen molar-refractivity contribution < 1.29 is 22.0 Å². The van der Waals surface area contributed by atoms with Gasteiger partial charge in [-0.25, -0.2) is 12.8 Å². The van der Waals surface area contributed by atoms with Crippen molar-refractivity contribution in [3.8, 4) is 0 Å². The van der Waals surface area contributed by atoms with Crippen LogP contribution >= 0.6 is 0 Å². The Morgan fingerprint density at radius 1 is 1.45 bits per heavy atom. The average Bonchev–Trinajstić information content (AvgIpc) is 2.98. The smallest absolute Gasteiger partial charge is 0.287 e. The van der Waals surface area contributed by atoms with E-state index in [1.807, 2.05) is 0 Å². The van der Waals surface area contributed by atoms with E-state index in [1.54, 1.807) is 19.1 Å². The summed E-state index contributed by atoms with van der Waals surface area (Å²) in [4.78, 5) is 12.2. The van der Waals surface area contributed by atoms with Gasteiger partial charge in [-0.2, -0.15) is 0 Å². The highest BCUT2D eigenvalue weighted by Crippen LogP contribution is 2.27. The molecule has 2 aromatic rings. The number of halogens is 1. The summed E-state index contributed by atoms with van der Waals surface area (Å²) in [6.07, 6.45) is 0.552. The molecule has 1 aliphatic heterocycles. The Labute approximate surface area is 127 Å². The fourth-order valence-electron chi connectivity index (χ4n) is 2.78. The number of carbonyl (C=O) groups is 1. The Hall–Kier alpha value is -1.89. The first kappa shape index (κ1) is 15.0. The van der Waals surface area contributed by atoms with Crippen molar-refractivity contribution in [3.05, 3.63) is 35.3 Å². The minimum absolute atomic E-state index is 0.0635. The molecule has 1 aromatic carbocycles. The number of fused-ring (bicyclic) bond motifs is 1. The number of para-hydroxylation sites is 1. The summed E-state index contributed by atoms with van der Waals surface area (Å²) in [7, 11) is -2.97. The van der Waals surface area contributed by atoms with Crippen LogP contribution in [0.4, 0.5) is 4.39 Å². The number of hydrogen-bond acceptors (Lipinski definition) is 4. The predicted octanol–water partition coefficient (Wildman–Crippen LogP) is 2.04. The monoisotopic (exact) mass is 325 g/mol. The van der Waals surface area contributed by atoms with Crippen molar-refractivity contribution >= 4 is 26.7 Å². The summed E-state index contributed by atoms with van der Waals surface area (Å²) < 4.78 is 41.8. The molecule has 5 nitrogen and oxygen atoms in total. The standard InChI is InChI=1S/C15H16FNO4S/c1-9-11-3-2-4-12(16)14(11)21-13(9)15(18)17-7-10-5-6-22(19,20)8-10/h2-4,10H,5-8H2,1H3,(H,17,18)/t10-/m0/s1. The van der Waals surface area contributed by atoms with E-state index in [0.29, 0.717) is 17.4 Å². The van der Waals surface area contributed by atoms with Gasteiger partial charge in [0.2, 0.25) is 0 Å². The van der Waals surface area contributed by atoms with Crippen LogP contribution in [-0.4, -0.2) is 32.4 Å². The Balaban J connectivity index is 1.76. The lowest BCUT2D eigenvalue weighted by atomic mass is 10.1. The predicted molar refractivity (Wildman–Crippen MR) is 80.0 cm³/mol. The van der Waals surface area contributed by atoms with Crippen molar-refractivity contribution in [2.75, 3.05) is 18.1 Å². The molecule has 2 heterocycles. The molecule has 1 aromatic heterocycles. The van der Waals surface area contributed by atoms with Gasteiger partial charge in [0, 0.05) is 17.5 Å². The highest BCUT2D eigenvalue weighted by atomic mass is 32.2. The summed E-state index contributed by atoms with van der Waals surface area (Å²) in [5, 5.41) is 3.24. The van der Waals surface area contributed by atoms with E-state index in [9.17, 15) is 17.6 Å². The van der Waals surface area contributed by atoms with E-state index in [-0.39, 0.29) is 35.3 Å². The maximum Gasteiger partial charge on any atom is 0.287 e. The van der Waals surface area contributed by atoms with Gasteiger partial charge < -0.3 is 9.73 Å². The fraction of sp³-hybridized carbons (Fsp3) is 0.400. The molecule has 118 valence electrons. The summed E-state index contributed by atoms with van der Waals surface area (Å²) in [5.41, 5.74) is 0.639. The molecule has 22 heavy (non-hydrogen) atoms. The van der Waals surface area contributed by atoms with Crippen molar-refractivity contribution in [3.63, 3.8) is 0 Å². The van der Waals surface area contributed by atoms with Gasteiger partial charge in [0.1, 0.15) is 0 Å². The molecule has 1 N–H and O–H groups in total. The van der Waals surface area contributed by atoms with Gasteiger partial charge in [0.15, 0.2) is 27.0 Å². The first-order chi connectivity index (χ1) is 10.4. The van der Waals surface area contributed by atoms with E-state index in [1.165, 1.54) is 6.07 Å². The molecular formula is C15H16FNO4S. The lowest BCUT2D eigenvalue weighted by molar-refractivity contribution is 0.0922. The van der Waals surface area contributed by atoms with Crippen LogP contribution in [0.3, 0.4) is 0 Å². The Bertz CT molecular complexity index is 841. The number of carbonyl (C=O) groups excluding carboxylic acids is 1. The van der Waals surface area contributed by atoms with Gasteiger partial charge in [-0.15, -0.1) is 0 Å². The number of benzene rings is 1. The summed E-state index contributed by atoms with van der Waals surface area (Å²) in [6.45, 7) is 1.97. The maximum atomic E-state index is 13.7. The molecule has 0 unspecified atom stereocenters. The Morgan fingerprint density at radius 3 is 2.86 bits per heavy atom. The quantitative estimate of drug-likeness (QED) is 0.937. The first-order valence-electron chi connectivity index (χ1n) is 7.03. The van der Waals surface area contributed by atoms with Crippen LogP contribution in [0, 0.1) is 18.7 Å². The van der Waals surface area contributed by atoms with Gasteiger partial charge in [-0.1, -0.05) is 12.1 Å². The highest BCUT2D eigenvalue weighted by molar-refractivity contribution is 7.91. The van der Waals surface area contributed by atoms with Crippen LogP contribution < -0.4 is 5.32 Å². The number of nitrogens with one attached hydrogen (secondary N) is 1. The third-order valence-corrected chi connectivity index (χ3v) is 5.84. The van der Waals surface area contributed by atoms with Crippen LogP contribution in [0.1, 0.15) is 22.5 Å². The zero-order valence-electron chi connectivity index (χ0n) is 12.1. The molecule has 1 amide bonds. The molecular weight excluding hydrogens is 309 g/mol. The lowest BCUT2D eigenvalue weighted by Crippen LogP contribution is -2.29. The molecule has 0 bridgehead atoms. The number of sulfone groups is 1. The zero-order valence-corrected chi connectivity index (χ0v) is 12.9. The molecule has 1 aliphatic rings. The molecule has 3 rings (SSSR count). The second-order valence-electron chi connectivity index (χ2n) is 5.65. The van der Waals surface area contributed by atoms with Crippen LogP contribution in [0.25, 0.3) is 11.0 Å². The normalized spacial score (nSPS) is 20.4. The van der Waals surface area contributed by atoms with E-state index in [2.05, 4.69) is 5.32 Å². The second-order valence-corrected chi connectivity index (χ2v) is 7.88. The topological polar surface area (TPSA) is 76.4 Å². The molecule has 7 heteroatoms. The van der Waals surface area contributed by atoms with Crippen LogP contribution in [-0.2, 0) is 9.84 Å². The number of aryl methyl sites for hydroxylation is 1. The van der Waals surface area contributed by atoms with Crippen molar-refractivity contribution in [1.82, 2.24) is 5.32 Å². The van der Waals surface area contributed by atoms with Gasteiger partial charge in [-0.3, -0.25) is 4.79 Å². The van der Waals surface area contributed by atoms with Gasteiger partial charge in [-0.05, 0) is 25.3 Å². The minimum atomic E-state index is -2.97. The Kier molecular flexibility index (Phi) is 3.68. The average molecular weight is 325 g/mol. The van der Waals surface area contributed by atoms with Crippen LogP contribution in [0.5, 0.6) is 0 Å². The van der Waals surface area contributed by atoms with E-state index >= 15 is 0 Å². The third-order valence-electron chi connectivity index (χ3n) is 4.00. The fourth-order valence-corrected chi connectivity index (χ4v) is 4.64. The number of furan rings is 1. The van der Waals surface area contributed by atoms with Crippen molar-refractivity contribution in [2.45, 2.75) is 13.3 Å². The van der Waals surface area contributed by atoms with Crippen molar-refractivity contribution in [1.29, 1.82) is 0 Å². The van der Waals surface area contributed by atoms with E-state index in [4.69, 9.17) is 4.42 Å².